The zero-order valence-corrected chi connectivity index (χ0v) is 41.7. The Morgan fingerprint density at radius 1 is 0.984 bits per heavy atom. The molecular formula is C47H72ClN5O10S. The SMILES string of the molecule is C/C=C(\C)[C@H]1OC(=O)C(C)(C)NC(=O)[C@H](C(C)CC)NC(=O)CN(C)C(=O)[C@@H](Cc2ccc(Cl)cc2)N(C)C(=O)[C@H](C)NC(=O)[C@@H](CC(C)C)OC(=O)/C(C)=C/C[C@H](OCSC)[C@@H]1C. The van der Waals surface area contributed by atoms with Gasteiger partial charge in [-0.2, -0.15) is 0 Å². The summed E-state index contributed by atoms with van der Waals surface area (Å²) in [6.45, 7) is 18.5. The molecular weight excluding hydrogens is 862 g/mol. The Bertz CT molecular complexity index is 1850. The normalized spacial score (nSPS) is 27.2. The van der Waals surface area contributed by atoms with Crippen LogP contribution in [0.2, 0.25) is 5.02 Å². The second-order valence-corrected chi connectivity index (χ2v) is 19.0. The van der Waals surface area contributed by atoms with Gasteiger partial charge in [0.15, 0.2) is 6.10 Å². The van der Waals surface area contributed by atoms with Gasteiger partial charge in [0.05, 0.1) is 18.6 Å². The zero-order valence-electron chi connectivity index (χ0n) is 40.2. The van der Waals surface area contributed by atoms with Crippen LogP contribution >= 0.6 is 23.4 Å². The lowest BCUT2D eigenvalue weighted by molar-refractivity contribution is -0.160. The molecule has 0 aliphatic carbocycles. The van der Waals surface area contributed by atoms with Crippen molar-refractivity contribution in [3.05, 3.63) is 58.1 Å². The number of thioether (sulfide) groups is 1. The summed E-state index contributed by atoms with van der Waals surface area (Å²) in [6.07, 6.45) is 3.65. The van der Waals surface area contributed by atoms with Crippen LogP contribution in [0.25, 0.3) is 0 Å². The van der Waals surface area contributed by atoms with Crippen molar-refractivity contribution in [2.75, 3.05) is 32.8 Å². The zero-order chi connectivity index (χ0) is 48.6. The van der Waals surface area contributed by atoms with E-state index in [1.54, 1.807) is 44.2 Å². The highest BCUT2D eigenvalue weighted by Gasteiger charge is 2.40. The first kappa shape index (κ1) is 55.7. The molecule has 3 N–H and O–H groups in total. The summed E-state index contributed by atoms with van der Waals surface area (Å²) >= 11 is 7.59. The van der Waals surface area contributed by atoms with Crippen LogP contribution in [0.5, 0.6) is 0 Å². The monoisotopic (exact) mass is 933 g/mol. The molecule has 0 bridgehead atoms. The molecule has 0 saturated heterocycles. The fourth-order valence-electron chi connectivity index (χ4n) is 7.03. The van der Waals surface area contributed by atoms with Gasteiger partial charge in [-0.05, 0) is 95.7 Å². The Labute approximate surface area is 389 Å². The number of amides is 5. The summed E-state index contributed by atoms with van der Waals surface area (Å²) in [5.41, 5.74) is 0.0546. The number of benzene rings is 1. The molecule has 2 rings (SSSR count). The first-order chi connectivity index (χ1) is 29.9. The van der Waals surface area contributed by atoms with E-state index >= 15 is 0 Å². The van der Waals surface area contributed by atoms with Crippen molar-refractivity contribution in [3.8, 4) is 0 Å². The maximum Gasteiger partial charge on any atom is 0.334 e. The van der Waals surface area contributed by atoms with Gasteiger partial charge in [0.2, 0.25) is 23.6 Å². The number of hydrogen-bond acceptors (Lipinski definition) is 11. The Morgan fingerprint density at radius 2 is 1.61 bits per heavy atom. The van der Waals surface area contributed by atoms with Gasteiger partial charge < -0.3 is 40.0 Å². The third-order valence-corrected chi connectivity index (χ3v) is 12.1. The lowest BCUT2D eigenvalue weighted by Crippen LogP contribution is -2.60. The van der Waals surface area contributed by atoms with Crippen LogP contribution in [0, 0.1) is 17.8 Å². The van der Waals surface area contributed by atoms with E-state index in [4.69, 9.17) is 25.8 Å². The number of likely N-dealkylation sites (N-methyl/N-ethyl adjacent to an activating group) is 2. The molecule has 358 valence electrons. The number of halogens is 1. The van der Waals surface area contributed by atoms with Crippen molar-refractivity contribution < 1.29 is 47.8 Å². The topological polar surface area (TPSA) is 190 Å². The van der Waals surface area contributed by atoms with Gasteiger partial charge in [-0.3, -0.25) is 24.0 Å². The molecule has 0 fully saturated rings. The van der Waals surface area contributed by atoms with Crippen molar-refractivity contribution in [2.24, 2.45) is 17.8 Å². The van der Waals surface area contributed by atoms with Crippen LogP contribution < -0.4 is 16.0 Å². The van der Waals surface area contributed by atoms with Crippen LogP contribution in [-0.4, -0.2) is 126 Å². The minimum Gasteiger partial charge on any atom is -0.456 e. The maximum absolute atomic E-state index is 14.3. The lowest BCUT2D eigenvalue weighted by Gasteiger charge is -2.35. The van der Waals surface area contributed by atoms with Crippen molar-refractivity contribution in [1.82, 2.24) is 25.8 Å². The smallest absolute Gasteiger partial charge is 0.334 e. The summed E-state index contributed by atoms with van der Waals surface area (Å²) in [5, 5.41) is 8.72. The minimum absolute atomic E-state index is 0.0313. The van der Waals surface area contributed by atoms with E-state index in [9.17, 15) is 33.6 Å². The lowest BCUT2D eigenvalue weighted by atomic mass is 9.90. The summed E-state index contributed by atoms with van der Waals surface area (Å²) < 4.78 is 18.2. The molecule has 17 heteroatoms. The highest BCUT2D eigenvalue weighted by Crippen LogP contribution is 2.27. The fourth-order valence-corrected chi connectivity index (χ4v) is 7.47. The summed E-state index contributed by atoms with van der Waals surface area (Å²) in [6, 6.07) is 3.34. The standard InChI is InChI=1S/C47H72ClN5O10S/c1-15-28(5)39-42(56)51-47(10,11)46(60)63-40(29(6)16-2)31(8)36(61-26-64-14)22-17-30(7)45(59)62-37(23-27(3)4)41(55)49-32(9)43(57)53(13)35(24-33-18-20-34(48)21-19-33)44(58)52(12)25-38(54)50-39/h16-21,27-28,31-32,35-37,39-40H,15,22-26H2,1-14H3,(H,49,55)(H,50,54)(H,51,56)/b29-16+,30-17+/t28?,31-,32-,35+,36-,37+,39-,40+/m0/s1. The molecule has 1 aromatic carbocycles. The van der Waals surface area contributed by atoms with E-state index in [0.717, 1.165) is 10.5 Å². The first-order valence-electron chi connectivity index (χ1n) is 21.9. The molecule has 1 aliphatic rings. The number of esters is 2. The summed E-state index contributed by atoms with van der Waals surface area (Å²) in [7, 11) is 2.84. The van der Waals surface area contributed by atoms with Crippen molar-refractivity contribution >= 4 is 64.8 Å². The number of carbonyl (C=O) groups excluding carboxylic acids is 7. The minimum atomic E-state index is -1.56. The predicted octanol–water partition coefficient (Wildman–Crippen LogP) is 5.63. The molecule has 0 saturated carbocycles. The van der Waals surface area contributed by atoms with E-state index in [0.29, 0.717) is 22.9 Å². The third-order valence-electron chi connectivity index (χ3n) is 11.5. The van der Waals surface area contributed by atoms with E-state index in [-0.39, 0.29) is 36.7 Å². The van der Waals surface area contributed by atoms with Gasteiger partial charge in [0.25, 0.3) is 5.91 Å². The van der Waals surface area contributed by atoms with Gasteiger partial charge >= 0.3 is 11.9 Å². The summed E-state index contributed by atoms with van der Waals surface area (Å²) in [5.74, 6) is -5.25. The van der Waals surface area contributed by atoms with Crippen molar-refractivity contribution in [1.29, 1.82) is 0 Å². The number of ether oxygens (including phenoxy) is 3. The van der Waals surface area contributed by atoms with Gasteiger partial charge in [0, 0.05) is 37.0 Å². The van der Waals surface area contributed by atoms with Crippen molar-refractivity contribution in [3.63, 3.8) is 0 Å². The first-order valence-corrected chi connectivity index (χ1v) is 23.7. The average Bonchev–Trinajstić information content (AvgIpc) is 3.24. The molecule has 64 heavy (non-hydrogen) atoms. The molecule has 15 nitrogen and oxygen atoms in total. The number of rotatable bonds is 10. The molecule has 5 amide bonds. The maximum atomic E-state index is 14.3. The average molecular weight is 935 g/mol. The van der Waals surface area contributed by atoms with Crippen LogP contribution in [0.15, 0.2) is 47.6 Å². The molecule has 1 unspecified atom stereocenters. The number of allylic oxidation sites excluding steroid dienone is 1. The van der Waals surface area contributed by atoms with Crippen LogP contribution in [0.4, 0.5) is 0 Å². The molecule has 1 aromatic rings. The number of nitrogens with zero attached hydrogens (tertiary/aromatic N) is 2. The second-order valence-electron chi connectivity index (χ2n) is 17.7. The highest BCUT2D eigenvalue weighted by atomic mass is 35.5. The van der Waals surface area contributed by atoms with Crippen LogP contribution in [-0.2, 0) is 54.2 Å². The Balaban J connectivity index is 2.73. The van der Waals surface area contributed by atoms with Gasteiger partial charge in [-0.25, -0.2) is 9.59 Å². The van der Waals surface area contributed by atoms with Gasteiger partial charge in [-0.15, -0.1) is 11.8 Å². The Hall–Kier alpha value is -4.41. The van der Waals surface area contributed by atoms with E-state index in [1.165, 1.54) is 51.5 Å². The van der Waals surface area contributed by atoms with E-state index in [1.807, 2.05) is 53.9 Å². The Kier molecular flexibility index (Phi) is 22.6. The quantitative estimate of drug-likeness (QED) is 0.150. The largest absolute Gasteiger partial charge is 0.456 e. The molecule has 0 radical (unpaired) electrons. The number of hydrogen-bond donors (Lipinski definition) is 3. The second kappa shape index (κ2) is 25.9. The Morgan fingerprint density at radius 3 is 2.17 bits per heavy atom. The number of cyclic esters (lactones) is 2. The highest BCUT2D eigenvalue weighted by molar-refractivity contribution is 7.98. The number of carbonyl (C=O) groups is 7. The molecule has 0 spiro atoms. The molecule has 8 atom stereocenters. The van der Waals surface area contributed by atoms with E-state index < -0.39 is 95.9 Å². The van der Waals surface area contributed by atoms with Crippen LogP contribution in [0.1, 0.15) is 101 Å². The fraction of sp³-hybridized carbons (Fsp3) is 0.638. The van der Waals surface area contributed by atoms with E-state index in [2.05, 4.69) is 16.0 Å². The van der Waals surface area contributed by atoms with Gasteiger partial charge in [0.1, 0.15) is 29.8 Å². The molecule has 1 aliphatic heterocycles. The summed E-state index contributed by atoms with van der Waals surface area (Å²) in [4.78, 5) is 99.9. The predicted molar refractivity (Wildman–Crippen MR) is 250 cm³/mol. The molecule has 0 aromatic heterocycles. The third kappa shape index (κ3) is 16.5. The van der Waals surface area contributed by atoms with Crippen LogP contribution in [0.3, 0.4) is 0 Å². The molecule has 1 heterocycles. The van der Waals surface area contributed by atoms with Crippen molar-refractivity contribution in [2.45, 2.75) is 144 Å². The van der Waals surface area contributed by atoms with Gasteiger partial charge in [-0.1, -0.05) is 76.9 Å². The number of nitrogens with one attached hydrogen (secondary N) is 3.